The second kappa shape index (κ2) is 40.3. The Hall–Kier alpha value is -1.43. The molecule has 0 fully saturated rings. The number of nitrogens with one attached hydrogen (secondary N) is 1. The fourth-order valence-electron chi connectivity index (χ4n) is 6.51. The number of rotatable bonds is 39. The maximum Gasteiger partial charge on any atom is 0.249 e. The molecule has 1 amide bonds. The van der Waals surface area contributed by atoms with Crippen LogP contribution in [0.4, 0.5) is 0 Å². The van der Waals surface area contributed by atoms with Crippen LogP contribution in [0.25, 0.3) is 0 Å². The Bertz CT molecular complexity index is 779. The van der Waals surface area contributed by atoms with Gasteiger partial charge in [0.25, 0.3) is 0 Å². The van der Waals surface area contributed by atoms with Gasteiger partial charge >= 0.3 is 0 Å². The van der Waals surface area contributed by atoms with Gasteiger partial charge in [0.1, 0.15) is 6.10 Å². The van der Waals surface area contributed by atoms with Crippen LogP contribution in [-0.4, -0.2) is 46.1 Å². The third-order valence-electron chi connectivity index (χ3n) is 9.96. The topological polar surface area (TPSA) is 89.8 Å². The van der Waals surface area contributed by atoms with Crippen molar-refractivity contribution in [2.75, 3.05) is 6.61 Å². The number of allylic oxidation sites excluding steroid dienone is 5. The molecule has 50 heavy (non-hydrogen) atoms. The molecule has 0 aliphatic rings. The highest BCUT2D eigenvalue weighted by molar-refractivity contribution is 5.80. The number of aliphatic hydroxyl groups is 3. The van der Waals surface area contributed by atoms with Gasteiger partial charge in [-0.2, -0.15) is 0 Å². The highest BCUT2D eigenvalue weighted by Gasteiger charge is 2.22. The van der Waals surface area contributed by atoms with E-state index >= 15 is 0 Å². The Labute approximate surface area is 311 Å². The van der Waals surface area contributed by atoms with Gasteiger partial charge in [0.05, 0.1) is 18.8 Å². The number of amides is 1. The fourth-order valence-corrected chi connectivity index (χ4v) is 6.51. The molecule has 0 radical (unpaired) electrons. The molecule has 0 spiro atoms. The number of unbranched alkanes of at least 4 members (excludes halogenated alkanes) is 27. The molecule has 0 bridgehead atoms. The van der Waals surface area contributed by atoms with Gasteiger partial charge in [0.2, 0.25) is 5.91 Å². The van der Waals surface area contributed by atoms with E-state index in [1.54, 1.807) is 6.08 Å². The second-order valence-electron chi connectivity index (χ2n) is 14.9. The van der Waals surface area contributed by atoms with E-state index in [1.807, 2.05) is 6.08 Å². The molecule has 4 N–H and O–H groups in total. The molecule has 0 aromatic rings. The average Bonchev–Trinajstić information content (AvgIpc) is 3.12. The molecule has 0 rings (SSSR count). The lowest BCUT2D eigenvalue weighted by Crippen LogP contribution is -2.48. The molecular weight excluding hydrogens is 618 g/mol. The van der Waals surface area contributed by atoms with E-state index in [9.17, 15) is 20.1 Å². The molecule has 5 heteroatoms. The van der Waals surface area contributed by atoms with Gasteiger partial charge < -0.3 is 20.6 Å². The van der Waals surface area contributed by atoms with Crippen LogP contribution >= 0.6 is 0 Å². The Balaban J connectivity index is 3.72. The largest absolute Gasteiger partial charge is 0.394 e. The lowest BCUT2D eigenvalue weighted by Gasteiger charge is -2.21. The molecular formula is C45H85NO4. The monoisotopic (exact) mass is 704 g/mol. The Kier molecular flexibility index (Phi) is 39.2. The van der Waals surface area contributed by atoms with Crippen LogP contribution in [0.1, 0.15) is 219 Å². The summed E-state index contributed by atoms with van der Waals surface area (Å²) >= 11 is 0. The van der Waals surface area contributed by atoms with E-state index in [4.69, 9.17) is 0 Å². The van der Waals surface area contributed by atoms with Crippen LogP contribution in [0.2, 0.25) is 0 Å². The van der Waals surface area contributed by atoms with Crippen LogP contribution in [0.3, 0.4) is 0 Å². The summed E-state index contributed by atoms with van der Waals surface area (Å²) in [5.74, 6) is -0.517. The lowest BCUT2D eigenvalue weighted by molar-refractivity contribution is -0.131. The third kappa shape index (κ3) is 35.0. The van der Waals surface area contributed by atoms with Crippen LogP contribution in [0.15, 0.2) is 36.5 Å². The minimum Gasteiger partial charge on any atom is -0.394 e. The predicted octanol–water partition coefficient (Wildman–Crippen LogP) is 12.4. The summed E-state index contributed by atoms with van der Waals surface area (Å²) in [6.07, 6.45) is 50.4. The first-order chi connectivity index (χ1) is 24.6. The van der Waals surface area contributed by atoms with Crippen molar-refractivity contribution in [2.24, 2.45) is 0 Å². The van der Waals surface area contributed by atoms with Gasteiger partial charge in [-0.1, -0.05) is 211 Å². The van der Waals surface area contributed by atoms with Gasteiger partial charge in [0.15, 0.2) is 0 Å². The van der Waals surface area contributed by atoms with Crippen LogP contribution in [-0.2, 0) is 4.79 Å². The summed E-state index contributed by atoms with van der Waals surface area (Å²) in [7, 11) is 0. The van der Waals surface area contributed by atoms with Gasteiger partial charge in [-0.3, -0.25) is 4.79 Å². The molecule has 0 aromatic heterocycles. The average molecular weight is 704 g/mol. The molecule has 0 aromatic carbocycles. The van der Waals surface area contributed by atoms with Crippen molar-refractivity contribution >= 4 is 5.91 Å². The highest BCUT2D eigenvalue weighted by atomic mass is 16.3. The van der Waals surface area contributed by atoms with E-state index in [-0.39, 0.29) is 6.61 Å². The molecule has 294 valence electrons. The van der Waals surface area contributed by atoms with E-state index in [2.05, 4.69) is 43.5 Å². The normalized spacial score (nSPS) is 13.9. The smallest absolute Gasteiger partial charge is 0.249 e. The van der Waals surface area contributed by atoms with E-state index in [1.165, 1.54) is 154 Å². The molecule has 0 saturated heterocycles. The third-order valence-corrected chi connectivity index (χ3v) is 9.96. The summed E-state index contributed by atoms with van der Waals surface area (Å²) in [6.45, 7) is 4.16. The van der Waals surface area contributed by atoms with E-state index < -0.39 is 24.2 Å². The first-order valence-electron chi connectivity index (χ1n) is 21.8. The van der Waals surface area contributed by atoms with Crippen molar-refractivity contribution < 1.29 is 20.1 Å². The van der Waals surface area contributed by atoms with E-state index in [0.717, 1.165) is 44.9 Å². The maximum atomic E-state index is 12.4. The summed E-state index contributed by atoms with van der Waals surface area (Å²) in [6, 6.07) is -0.817. The van der Waals surface area contributed by atoms with E-state index in [0.29, 0.717) is 6.42 Å². The van der Waals surface area contributed by atoms with Crippen molar-refractivity contribution in [1.29, 1.82) is 0 Å². The van der Waals surface area contributed by atoms with Crippen molar-refractivity contribution in [3.05, 3.63) is 36.5 Å². The standard InChI is InChI=1S/C45H85NO4/c1-3-5-7-9-11-13-15-17-18-19-20-21-22-23-24-25-26-27-28-30-31-33-35-37-39-43(48)42(41-47)46-45(50)44(49)40-38-36-34-32-29-16-14-12-10-8-6-4-2/h25-26,30-31,37,39,42-44,47-49H,3-24,27-29,32-36,38,40-41H2,1-2H3,(H,46,50)/b26-25+,31-30+,39-37+. The minimum absolute atomic E-state index is 0.380. The SMILES string of the molecule is CCCCCCCCCCCCCCCC/C=C/CC/C=C/CC/C=C/C(O)C(CO)NC(=O)C(O)CCCCCCCCCCCCCC. The van der Waals surface area contributed by atoms with Crippen molar-refractivity contribution in [2.45, 2.75) is 238 Å². The van der Waals surface area contributed by atoms with Crippen LogP contribution in [0, 0.1) is 0 Å². The molecule has 3 unspecified atom stereocenters. The van der Waals surface area contributed by atoms with Gasteiger partial charge in [0, 0.05) is 0 Å². The summed E-state index contributed by atoms with van der Waals surface area (Å²) in [5.41, 5.74) is 0. The van der Waals surface area contributed by atoms with Crippen molar-refractivity contribution in [1.82, 2.24) is 5.32 Å². The number of carbonyl (C=O) groups is 1. The molecule has 0 heterocycles. The Morgan fingerprint density at radius 3 is 1.22 bits per heavy atom. The molecule has 0 aliphatic heterocycles. The predicted molar refractivity (Wildman–Crippen MR) is 218 cm³/mol. The van der Waals surface area contributed by atoms with Gasteiger partial charge in [-0.05, 0) is 44.9 Å². The van der Waals surface area contributed by atoms with Crippen LogP contribution < -0.4 is 5.32 Å². The molecule has 0 aliphatic carbocycles. The summed E-state index contributed by atoms with van der Waals surface area (Å²) in [5, 5.41) is 33.0. The zero-order valence-electron chi connectivity index (χ0n) is 33.3. The quantitative estimate of drug-likeness (QED) is 0.0379. The molecule has 5 nitrogen and oxygen atoms in total. The highest BCUT2D eigenvalue weighted by Crippen LogP contribution is 2.15. The first-order valence-corrected chi connectivity index (χ1v) is 21.8. The van der Waals surface area contributed by atoms with Gasteiger partial charge in [-0.25, -0.2) is 0 Å². The number of carbonyl (C=O) groups excluding carboxylic acids is 1. The van der Waals surface area contributed by atoms with Crippen molar-refractivity contribution in [3.63, 3.8) is 0 Å². The molecule has 0 saturated carbocycles. The minimum atomic E-state index is -1.10. The van der Waals surface area contributed by atoms with Gasteiger partial charge in [-0.15, -0.1) is 0 Å². The zero-order chi connectivity index (χ0) is 36.6. The lowest BCUT2D eigenvalue weighted by atomic mass is 10.0. The Morgan fingerprint density at radius 1 is 0.480 bits per heavy atom. The number of hydrogen-bond acceptors (Lipinski definition) is 4. The number of aliphatic hydroxyl groups excluding tert-OH is 3. The zero-order valence-corrected chi connectivity index (χ0v) is 33.3. The summed E-state index contributed by atoms with van der Waals surface area (Å²) in [4.78, 5) is 12.4. The fraction of sp³-hybridized carbons (Fsp3) is 0.844. The van der Waals surface area contributed by atoms with Crippen LogP contribution in [0.5, 0.6) is 0 Å². The first kappa shape index (κ1) is 48.6. The second-order valence-corrected chi connectivity index (χ2v) is 14.9. The summed E-state index contributed by atoms with van der Waals surface area (Å²) < 4.78 is 0. The van der Waals surface area contributed by atoms with Crippen molar-refractivity contribution in [3.8, 4) is 0 Å². The number of hydrogen-bond donors (Lipinski definition) is 4. The maximum absolute atomic E-state index is 12.4. The molecule has 3 atom stereocenters. The Morgan fingerprint density at radius 2 is 0.820 bits per heavy atom.